The Hall–Kier alpha value is -2.92. The predicted molar refractivity (Wildman–Crippen MR) is 115 cm³/mol. The van der Waals surface area contributed by atoms with Crippen molar-refractivity contribution in [3.05, 3.63) is 48.1 Å². The van der Waals surface area contributed by atoms with Crippen LogP contribution in [-0.2, 0) is 20.2 Å². The van der Waals surface area contributed by atoms with Gasteiger partial charge in [0.25, 0.3) is 0 Å². The fourth-order valence-electron chi connectivity index (χ4n) is 2.67. The molecule has 0 saturated heterocycles. The second kappa shape index (κ2) is 7.73. The smallest absolute Gasteiger partial charge is 0.237 e. The first-order valence-corrected chi connectivity index (χ1v) is 11.7. The molecule has 11 heteroatoms. The normalized spacial score (nSPS) is 14.3. The summed E-state index contributed by atoms with van der Waals surface area (Å²) in [5.74, 6) is 0.103. The van der Waals surface area contributed by atoms with Crippen LogP contribution in [0.5, 0.6) is 0 Å². The third-order valence-electron chi connectivity index (χ3n) is 4.80. The van der Waals surface area contributed by atoms with Gasteiger partial charge in [0.1, 0.15) is 12.1 Å². The predicted octanol–water partition coefficient (Wildman–Crippen LogP) is 2.82. The van der Waals surface area contributed by atoms with Crippen molar-refractivity contribution >= 4 is 38.2 Å². The van der Waals surface area contributed by atoms with Crippen LogP contribution in [0.15, 0.2) is 42.4 Å². The quantitative estimate of drug-likeness (QED) is 0.574. The van der Waals surface area contributed by atoms with Crippen molar-refractivity contribution in [2.24, 2.45) is 0 Å². The van der Waals surface area contributed by atoms with Crippen molar-refractivity contribution in [3.8, 4) is 11.1 Å². The first kappa shape index (κ1) is 20.4. The number of aromatic nitrogens is 4. The summed E-state index contributed by atoms with van der Waals surface area (Å²) in [5.41, 5.74) is 1.16. The Bertz CT molecular complexity index is 1160. The molecule has 3 heterocycles. The lowest BCUT2D eigenvalue weighted by Crippen LogP contribution is -2.35. The number of rotatable bonds is 7. The van der Waals surface area contributed by atoms with Gasteiger partial charge in [-0.15, -0.1) is 11.3 Å². The minimum absolute atomic E-state index is 0.269. The maximum atomic E-state index is 12.9. The maximum absolute atomic E-state index is 12.9. The zero-order chi connectivity index (χ0) is 21.4. The van der Waals surface area contributed by atoms with E-state index >= 15 is 0 Å². The molecule has 3 aromatic rings. The van der Waals surface area contributed by atoms with Gasteiger partial charge in [0.2, 0.25) is 15.9 Å². The summed E-state index contributed by atoms with van der Waals surface area (Å²) in [6, 6.07) is 3.52. The van der Waals surface area contributed by atoms with Crippen molar-refractivity contribution in [3.63, 3.8) is 0 Å². The molecule has 0 aromatic carbocycles. The van der Waals surface area contributed by atoms with Crippen molar-refractivity contribution in [2.45, 2.75) is 37.4 Å². The summed E-state index contributed by atoms with van der Waals surface area (Å²) < 4.78 is 26.7. The largest absolute Gasteiger partial charge is 0.310 e. The molecule has 0 bridgehead atoms. The van der Waals surface area contributed by atoms with Crippen LogP contribution in [0, 0.1) is 0 Å². The molecular formula is C19H20N6O3S2. The van der Waals surface area contributed by atoms with Crippen LogP contribution >= 0.6 is 11.3 Å². The number of nitrogens with zero attached hydrogens (tertiary/aromatic N) is 4. The number of amides is 1. The molecule has 0 unspecified atom stereocenters. The molecule has 2 N–H and O–H groups in total. The fourth-order valence-corrected chi connectivity index (χ4v) is 5.14. The van der Waals surface area contributed by atoms with Crippen LogP contribution < -0.4 is 10.0 Å². The van der Waals surface area contributed by atoms with E-state index < -0.39 is 15.4 Å². The SMILES string of the molecule is CC(C)(C(=O)Nc1ccc(-c2cncnc2)cn1)c1csc(NS(=O)(=O)C2CC2)n1. The van der Waals surface area contributed by atoms with E-state index in [1.807, 2.05) is 6.07 Å². The molecule has 0 atom stereocenters. The summed E-state index contributed by atoms with van der Waals surface area (Å²) in [7, 11) is -3.39. The molecule has 0 aliphatic heterocycles. The molecule has 1 amide bonds. The van der Waals surface area contributed by atoms with Crippen LogP contribution in [0.25, 0.3) is 11.1 Å². The third-order valence-corrected chi connectivity index (χ3v) is 7.52. The van der Waals surface area contributed by atoms with Crippen molar-refractivity contribution in [1.82, 2.24) is 19.9 Å². The third kappa shape index (κ3) is 4.31. The summed E-state index contributed by atoms with van der Waals surface area (Å²) in [5, 5.41) is 4.41. The van der Waals surface area contributed by atoms with Crippen LogP contribution in [0.1, 0.15) is 32.4 Å². The van der Waals surface area contributed by atoms with Gasteiger partial charge in [0.15, 0.2) is 5.13 Å². The van der Waals surface area contributed by atoms with E-state index in [2.05, 4.69) is 30.0 Å². The van der Waals surface area contributed by atoms with E-state index in [1.54, 1.807) is 43.9 Å². The zero-order valence-corrected chi connectivity index (χ0v) is 18.0. The number of anilines is 2. The summed E-state index contributed by atoms with van der Waals surface area (Å²) in [6.07, 6.45) is 7.80. The zero-order valence-electron chi connectivity index (χ0n) is 16.4. The lowest BCUT2D eigenvalue weighted by Gasteiger charge is -2.21. The molecule has 9 nitrogen and oxygen atoms in total. The number of sulfonamides is 1. The van der Waals surface area contributed by atoms with E-state index in [0.717, 1.165) is 22.5 Å². The molecule has 1 aliphatic rings. The molecule has 3 aromatic heterocycles. The van der Waals surface area contributed by atoms with Crippen molar-refractivity contribution in [2.75, 3.05) is 10.0 Å². The van der Waals surface area contributed by atoms with E-state index in [-0.39, 0.29) is 16.3 Å². The monoisotopic (exact) mass is 444 g/mol. The second-order valence-corrected chi connectivity index (χ2v) is 10.3. The molecule has 1 fully saturated rings. The Morgan fingerprint density at radius 2 is 1.87 bits per heavy atom. The molecule has 0 radical (unpaired) electrons. The van der Waals surface area contributed by atoms with Crippen LogP contribution in [0.3, 0.4) is 0 Å². The topological polar surface area (TPSA) is 127 Å². The summed E-state index contributed by atoms with van der Waals surface area (Å²) in [4.78, 5) is 29.4. The highest BCUT2D eigenvalue weighted by Crippen LogP contribution is 2.33. The van der Waals surface area contributed by atoms with Gasteiger partial charge >= 0.3 is 0 Å². The van der Waals surface area contributed by atoms with Gasteiger partial charge in [0.05, 0.1) is 16.4 Å². The van der Waals surface area contributed by atoms with Gasteiger partial charge in [-0.2, -0.15) is 0 Å². The maximum Gasteiger partial charge on any atom is 0.237 e. The molecule has 1 aliphatic carbocycles. The molecule has 1 saturated carbocycles. The number of pyridine rings is 1. The molecule has 30 heavy (non-hydrogen) atoms. The second-order valence-electron chi connectivity index (χ2n) is 7.52. The van der Waals surface area contributed by atoms with Gasteiger partial charge in [-0.1, -0.05) is 0 Å². The lowest BCUT2D eigenvalue weighted by molar-refractivity contribution is -0.120. The fraction of sp³-hybridized carbons (Fsp3) is 0.316. The van der Waals surface area contributed by atoms with Crippen LogP contribution in [-0.4, -0.2) is 39.5 Å². The molecule has 4 rings (SSSR count). The van der Waals surface area contributed by atoms with Gasteiger partial charge in [0, 0.05) is 35.1 Å². The van der Waals surface area contributed by atoms with E-state index in [4.69, 9.17) is 0 Å². The number of carbonyl (C=O) groups is 1. The highest BCUT2D eigenvalue weighted by atomic mass is 32.2. The van der Waals surface area contributed by atoms with Gasteiger partial charge < -0.3 is 5.32 Å². The number of nitrogens with one attached hydrogen (secondary N) is 2. The van der Waals surface area contributed by atoms with Crippen molar-refractivity contribution in [1.29, 1.82) is 0 Å². The number of hydrogen-bond acceptors (Lipinski definition) is 8. The number of thiazole rings is 1. The minimum atomic E-state index is -3.39. The van der Waals surface area contributed by atoms with Crippen LogP contribution in [0.4, 0.5) is 10.9 Å². The van der Waals surface area contributed by atoms with Crippen molar-refractivity contribution < 1.29 is 13.2 Å². The lowest BCUT2D eigenvalue weighted by atomic mass is 9.89. The van der Waals surface area contributed by atoms with E-state index in [0.29, 0.717) is 24.4 Å². The Kier molecular flexibility index (Phi) is 5.24. The first-order chi connectivity index (χ1) is 14.3. The number of carbonyl (C=O) groups excluding carboxylic acids is 1. The van der Waals surface area contributed by atoms with Gasteiger partial charge in [-0.25, -0.2) is 28.4 Å². The van der Waals surface area contributed by atoms with E-state index in [1.165, 1.54) is 6.33 Å². The Labute approximate surface area is 178 Å². The highest BCUT2D eigenvalue weighted by Gasteiger charge is 2.37. The molecular weight excluding hydrogens is 424 g/mol. The van der Waals surface area contributed by atoms with Gasteiger partial charge in [-0.05, 0) is 38.8 Å². The van der Waals surface area contributed by atoms with E-state index in [9.17, 15) is 13.2 Å². The van der Waals surface area contributed by atoms with Gasteiger partial charge in [-0.3, -0.25) is 9.52 Å². The standard InChI is InChI=1S/C19H20N6O3S2/c1-19(2,15-10-29-18(23-15)25-30(27,28)14-4-5-14)17(26)24-16-6-3-12(9-22-16)13-7-20-11-21-8-13/h3,6-11,14H,4-5H2,1-2H3,(H,23,25)(H,22,24,26). The number of hydrogen-bond donors (Lipinski definition) is 2. The Morgan fingerprint density at radius 1 is 1.13 bits per heavy atom. The average Bonchev–Trinajstić information content (AvgIpc) is 3.50. The Morgan fingerprint density at radius 3 is 2.50 bits per heavy atom. The first-order valence-electron chi connectivity index (χ1n) is 9.26. The minimum Gasteiger partial charge on any atom is -0.310 e. The summed E-state index contributed by atoms with van der Waals surface area (Å²) >= 11 is 1.16. The average molecular weight is 445 g/mol. The summed E-state index contributed by atoms with van der Waals surface area (Å²) in [6.45, 7) is 3.46. The molecule has 156 valence electrons. The Balaban J connectivity index is 1.45. The highest BCUT2D eigenvalue weighted by molar-refractivity contribution is 7.93. The van der Waals surface area contributed by atoms with Crippen LogP contribution in [0.2, 0.25) is 0 Å². The molecule has 0 spiro atoms.